The predicted octanol–water partition coefficient (Wildman–Crippen LogP) is 4.48. The zero-order chi connectivity index (χ0) is 22.4. The summed E-state index contributed by atoms with van der Waals surface area (Å²) in [5.41, 5.74) is 7.61. The van der Waals surface area contributed by atoms with Crippen LogP contribution in [0.25, 0.3) is 0 Å². The van der Waals surface area contributed by atoms with E-state index in [1.807, 2.05) is 121 Å². The number of amides is 1. The number of carbonyl (C=O) groups excluding carboxylic acids is 1. The number of hydrogen-bond donors (Lipinski definition) is 3. The Morgan fingerprint density at radius 2 is 1.03 bits per heavy atom. The van der Waals surface area contributed by atoms with Gasteiger partial charge in [-0.1, -0.05) is 121 Å². The first-order chi connectivity index (χ1) is 15.6. The maximum atomic E-state index is 13.3. The van der Waals surface area contributed by atoms with Gasteiger partial charge in [0.1, 0.15) is 11.6 Å². The second-order valence-electron chi connectivity index (χ2n) is 7.74. The molecular formula is C28H26N2O2. The van der Waals surface area contributed by atoms with Gasteiger partial charge in [-0.3, -0.25) is 4.79 Å². The molecule has 0 unspecified atom stereocenters. The van der Waals surface area contributed by atoms with E-state index in [2.05, 4.69) is 5.32 Å². The van der Waals surface area contributed by atoms with Gasteiger partial charge in [-0.15, -0.1) is 0 Å². The van der Waals surface area contributed by atoms with Gasteiger partial charge in [0, 0.05) is 0 Å². The van der Waals surface area contributed by atoms with Crippen LogP contribution in [0.15, 0.2) is 121 Å². The summed E-state index contributed by atoms with van der Waals surface area (Å²) < 4.78 is 0. The summed E-state index contributed by atoms with van der Waals surface area (Å²) in [6.45, 7) is 0. The van der Waals surface area contributed by atoms with Crippen molar-refractivity contribution in [3.63, 3.8) is 0 Å². The van der Waals surface area contributed by atoms with Crippen LogP contribution in [0, 0.1) is 0 Å². The second-order valence-corrected chi connectivity index (χ2v) is 7.74. The Balaban J connectivity index is 1.82. The van der Waals surface area contributed by atoms with Crippen molar-refractivity contribution in [1.82, 2.24) is 5.32 Å². The van der Waals surface area contributed by atoms with Crippen molar-refractivity contribution >= 4 is 5.91 Å². The van der Waals surface area contributed by atoms with Crippen molar-refractivity contribution in [1.29, 1.82) is 0 Å². The van der Waals surface area contributed by atoms with E-state index in [-0.39, 0.29) is 5.91 Å². The number of nitrogens with two attached hydrogens (primary N) is 1. The quantitative estimate of drug-likeness (QED) is 0.411. The molecule has 4 N–H and O–H groups in total. The van der Waals surface area contributed by atoms with Gasteiger partial charge in [0.15, 0.2) is 0 Å². The minimum absolute atomic E-state index is 0.365. The lowest BCUT2D eigenvalue weighted by atomic mass is 9.77. The topological polar surface area (TPSA) is 75.4 Å². The fourth-order valence-corrected chi connectivity index (χ4v) is 4.00. The van der Waals surface area contributed by atoms with Gasteiger partial charge in [0.25, 0.3) is 0 Å². The van der Waals surface area contributed by atoms with Crippen LogP contribution < -0.4 is 11.1 Å². The second kappa shape index (κ2) is 9.60. The van der Waals surface area contributed by atoms with E-state index < -0.39 is 17.7 Å². The van der Waals surface area contributed by atoms with Crippen molar-refractivity contribution < 1.29 is 9.90 Å². The maximum absolute atomic E-state index is 13.3. The smallest absolute Gasteiger partial charge is 0.242 e. The maximum Gasteiger partial charge on any atom is 0.242 e. The summed E-state index contributed by atoms with van der Waals surface area (Å²) in [4.78, 5) is 13.3. The highest BCUT2D eigenvalue weighted by molar-refractivity contribution is 5.83. The molecule has 4 nitrogen and oxygen atoms in total. The number of rotatable bonds is 7. The van der Waals surface area contributed by atoms with Crippen molar-refractivity contribution in [3.8, 4) is 0 Å². The van der Waals surface area contributed by atoms with Gasteiger partial charge in [-0.2, -0.15) is 0 Å². The lowest BCUT2D eigenvalue weighted by Crippen LogP contribution is -2.47. The SMILES string of the molecule is N[C@H](C(=O)N[C@@H](c1ccccc1)C(O)(c1ccccc1)c1ccccc1)c1ccccc1. The number of hydrogen-bond acceptors (Lipinski definition) is 3. The van der Waals surface area contributed by atoms with E-state index in [0.717, 1.165) is 5.56 Å². The van der Waals surface area contributed by atoms with Crippen molar-refractivity contribution in [2.75, 3.05) is 0 Å². The molecule has 0 aliphatic heterocycles. The average Bonchev–Trinajstić information content (AvgIpc) is 2.88. The molecule has 0 saturated heterocycles. The van der Waals surface area contributed by atoms with E-state index >= 15 is 0 Å². The minimum atomic E-state index is -1.52. The molecule has 4 rings (SSSR count). The first-order valence-electron chi connectivity index (χ1n) is 10.6. The number of benzene rings is 4. The highest BCUT2D eigenvalue weighted by Crippen LogP contribution is 2.41. The molecule has 0 spiro atoms. The lowest BCUT2D eigenvalue weighted by molar-refractivity contribution is -0.125. The first-order valence-corrected chi connectivity index (χ1v) is 10.6. The summed E-state index contributed by atoms with van der Waals surface area (Å²) in [6.07, 6.45) is 0. The number of nitrogens with one attached hydrogen (secondary N) is 1. The zero-order valence-corrected chi connectivity index (χ0v) is 17.6. The van der Waals surface area contributed by atoms with Crippen LogP contribution in [0.1, 0.15) is 34.3 Å². The van der Waals surface area contributed by atoms with Crippen LogP contribution >= 0.6 is 0 Å². The molecule has 4 aromatic rings. The fourth-order valence-electron chi connectivity index (χ4n) is 4.00. The molecule has 0 heterocycles. The van der Waals surface area contributed by atoms with Crippen LogP contribution in [0.3, 0.4) is 0 Å². The predicted molar refractivity (Wildman–Crippen MR) is 127 cm³/mol. The number of aliphatic hydroxyl groups is 1. The van der Waals surface area contributed by atoms with Gasteiger partial charge in [-0.05, 0) is 22.3 Å². The van der Waals surface area contributed by atoms with Crippen molar-refractivity contribution in [2.45, 2.75) is 17.7 Å². The number of carbonyl (C=O) groups is 1. The Morgan fingerprint density at radius 3 is 1.47 bits per heavy atom. The third-order valence-corrected chi connectivity index (χ3v) is 5.71. The van der Waals surface area contributed by atoms with Crippen molar-refractivity contribution in [3.05, 3.63) is 144 Å². The summed E-state index contributed by atoms with van der Waals surface area (Å²) in [5.74, 6) is -0.365. The van der Waals surface area contributed by atoms with E-state index in [9.17, 15) is 9.90 Å². The van der Waals surface area contributed by atoms with Crippen LogP contribution in [0.5, 0.6) is 0 Å². The minimum Gasteiger partial charge on any atom is -0.378 e. The van der Waals surface area contributed by atoms with Crippen LogP contribution in [0.4, 0.5) is 0 Å². The van der Waals surface area contributed by atoms with Gasteiger partial charge < -0.3 is 16.2 Å². The van der Waals surface area contributed by atoms with Gasteiger partial charge >= 0.3 is 0 Å². The monoisotopic (exact) mass is 422 g/mol. The molecule has 2 atom stereocenters. The largest absolute Gasteiger partial charge is 0.378 e. The summed E-state index contributed by atoms with van der Waals surface area (Å²) in [7, 11) is 0. The van der Waals surface area contributed by atoms with Crippen LogP contribution in [-0.2, 0) is 10.4 Å². The first kappa shape index (κ1) is 21.5. The van der Waals surface area contributed by atoms with Gasteiger partial charge in [-0.25, -0.2) is 0 Å². The Kier molecular flexibility index (Phi) is 6.45. The molecule has 32 heavy (non-hydrogen) atoms. The molecule has 0 bridgehead atoms. The summed E-state index contributed by atoms with van der Waals surface area (Å²) in [5, 5.41) is 15.4. The highest BCUT2D eigenvalue weighted by atomic mass is 16.3. The van der Waals surface area contributed by atoms with E-state index in [0.29, 0.717) is 16.7 Å². The Hall–Kier alpha value is -3.73. The molecule has 0 radical (unpaired) electrons. The van der Waals surface area contributed by atoms with Crippen LogP contribution in [-0.4, -0.2) is 11.0 Å². The third-order valence-electron chi connectivity index (χ3n) is 5.71. The summed E-state index contributed by atoms with van der Waals surface area (Å²) >= 11 is 0. The third kappa shape index (κ3) is 4.33. The molecule has 0 aromatic heterocycles. The Labute approximate surface area is 188 Å². The Bertz CT molecular complexity index is 1090. The highest BCUT2D eigenvalue weighted by Gasteiger charge is 2.42. The van der Waals surface area contributed by atoms with E-state index in [1.54, 1.807) is 0 Å². The molecule has 0 aliphatic carbocycles. The van der Waals surface area contributed by atoms with Crippen LogP contribution in [0.2, 0.25) is 0 Å². The summed E-state index contributed by atoms with van der Waals surface area (Å²) in [6, 6.07) is 35.9. The molecule has 0 fully saturated rings. The van der Waals surface area contributed by atoms with Gasteiger partial charge in [0.05, 0.1) is 6.04 Å². The van der Waals surface area contributed by atoms with E-state index in [4.69, 9.17) is 5.73 Å². The molecule has 0 aliphatic rings. The van der Waals surface area contributed by atoms with Gasteiger partial charge in [0.2, 0.25) is 5.91 Å². The average molecular weight is 423 g/mol. The lowest BCUT2D eigenvalue weighted by Gasteiger charge is -2.38. The molecule has 4 aromatic carbocycles. The fraction of sp³-hybridized carbons (Fsp3) is 0.107. The Morgan fingerprint density at radius 1 is 0.656 bits per heavy atom. The molecule has 1 amide bonds. The molecule has 4 heteroatoms. The standard InChI is InChI=1S/C28H26N2O2/c29-25(21-13-5-1-6-14-21)27(31)30-26(22-15-7-2-8-16-22)28(32,23-17-9-3-10-18-23)24-19-11-4-12-20-24/h1-20,25-26,32H,29H2,(H,30,31)/t25-,26-/m0/s1. The normalized spacial score (nSPS) is 13.2. The van der Waals surface area contributed by atoms with E-state index in [1.165, 1.54) is 0 Å². The molecule has 160 valence electrons. The molecular weight excluding hydrogens is 396 g/mol. The zero-order valence-electron chi connectivity index (χ0n) is 17.6. The molecule has 0 saturated carbocycles. The van der Waals surface area contributed by atoms with Crippen molar-refractivity contribution in [2.24, 2.45) is 5.73 Å².